The first-order valence-electron chi connectivity index (χ1n) is 13.1. The summed E-state index contributed by atoms with van der Waals surface area (Å²) in [5.74, 6) is -1.82. The molecular weight excluding hydrogens is 544 g/mol. The molecule has 1 aromatic carbocycles. The van der Waals surface area contributed by atoms with E-state index < -0.39 is 11.9 Å². The highest BCUT2D eigenvalue weighted by molar-refractivity contribution is 7.15. The van der Waals surface area contributed by atoms with Crippen molar-refractivity contribution in [1.82, 2.24) is 30.2 Å². The number of carbonyl (C=O) groups excluding carboxylic acids is 2. The van der Waals surface area contributed by atoms with Crippen LogP contribution in [0.2, 0.25) is 0 Å². The van der Waals surface area contributed by atoms with E-state index in [2.05, 4.69) is 20.3 Å². The van der Waals surface area contributed by atoms with Crippen LogP contribution in [0.4, 0.5) is 0 Å². The Balaban J connectivity index is 1.18. The van der Waals surface area contributed by atoms with E-state index in [1.54, 1.807) is 35.5 Å². The Hall–Kier alpha value is -4.71. The van der Waals surface area contributed by atoms with Crippen molar-refractivity contribution in [3.63, 3.8) is 0 Å². The molecule has 0 bridgehead atoms. The van der Waals surface area contributed by atoms with Crippen LogP contribution in [0.15, 0.2) is 60.9 Å². The van der Waals surface area contributed by atoms with Gasteiger partial charge < -0.3 is 20.1 Å². The van der Waals surface area contributed by atoms with E-state index in [-0.39, 0.29) is 25.0 Å². The predicted octanol–water partition coefficient (Wildman–Crippen LogP) is 3.60. The lowest BCUT2D eigenvalue weighted by atomic mass is 9.97. The number of rotatable bonds is 9. The van der Waals surface area contributed by atoms with Gasteiger partial charge in [0, 0.05) is 36.6 Å². The molecule has 1 aliphatic heterocycles. The van der Waals surface area contributed by atoms with Crippen molar-refractivity contribution in [3.8, 4) is 27.8 Å². The van der Waals surface area contributed by atoms with Crippen LogP contribution in [-0.2, 0) is 16.2 Å². The highest BCUT2D eigenvalue weighted by atomic mass is 32.1. The lowest BCUT2D eigenvalue weighted by Crippen LogP contribution is -2.45. The van der Waals surface area contributed by atoms with E-state index in [0.29, 0.717) is 37.5 Å². The standard InChI is InChI=1S/C29H28N6O5S/c1-18-26(41-24(33-18)17-40-29-30-12-3-13-31-29)23-5-2-4-22(34-23)19-6-8-20(9-7-19)27(37)32-16-25(36)35-14-10-21(11-15-35)28(38)39/h2-9,12-13,21H,10-11,14-17H2,1H3,(H,32,37)(H,38,39). The van der Waals surface area contributed by atoms with Crippen molar-refractivity contribution < 1.29 is 24.2 Å². The summed E-state index contributed by atoms with van der Waals surface area (Å²) in [5, 5.41) is 12.6. The van der Waals surface area contributed by atoms with E-state index in [9.17, 15) is 14.4 Å². The summed E-state index contributed by atoms with van der Waals surface area (Å²) < 4.78 is 5.62. The molecule has 0 aliphatic carbocycles. The highest BCUT2D eigenvalue weighted by Gasteiger charge is 2.27. The number of carboxylic acids is 1. The Morgan fingerprint density at radius 2 is 1.71 bits per heavy atom. The van der Waals surface area contributed by atoms with E-state index in [1.807, 2.05) is 37.3 Å². The maximum Gasteiger partial charge on any atom is 0.316 e. The molecule has 2 amide bonds. The molecule has 0 saturated carbocycles. The fourth-order valence-corrected chi connectivity index (χ4v) is 5.45. The quantitative estimate of drug-likeness (QED) is 0.307. The van der Waals surface area contributed by atoms with E-state index in [0.717, 1.165) is 32.5 Å². The van der Waals surface area contributed by atoms with Crippen LogP contribution in [0.3, 0.4) is 0 Å². The first-order chi connectivity index (χ1) is 19.9. The number of amides is 2. The average Bonchev–Trinajstić information content (AvgIpc) is 3.39. The number of aryl methyl sites for hydroxylation is 1. The van der Waals surface area contributed by atoms with Crippen LogP contribution in [0, 0.1) is 12.8 Å². The van der Waals surface area contributed by atoms with Crippen LogP contribution in [0.5, 0.6) is 6.01 Å². The molecular formula is C29H28N6O5S. The number of hydrogen-bond acceptors (Lipinski definition) is 9. The molecule has 0 unspecified atom stereocenters. The van der Waals surface area contributed by atoms with E-state index in [4.69, 9.17) is 14.8 Å². The van der Waals surface area contributed by atoms with E-state index in [1.165, 1.54) is 11.3 Å². The van der Waals surface area contributed by atoms with Gasteiger partial charge in [0.25, 0.3) is 5.91 Å². The second-order valence-corrected chi connectivity index (χ2v) is 10.6. The number of carbonyl (C=O) groups is 3. The first kappa shape index (κ1) is 27.8. The number of nitrogens with one attached hydrogen (secondary N) is 1. The Labute approximate surface area is 240 Å². The molecule has 41 heavy (non-hydrogen) atoms. The molecule has 0 radical (unpaired) electrons. The fraction of sp³-hybridized carbons (Fsp3) is 0.276. The Kier molecular flexibility index (Phi) is 8.59. The number of pyridine rings is 1. The minimum atomic E-state index is -0.830. The van der Waals surface area contributed by atoms with Gasteiger partial charge in [-0.1, -0.05) is 18.2 Å². The van der Waals surface area contributed by atoms with Crippen LogP contribution >= 0.6 is 11.3 Å². The van der Waals surface area contributed by atoms with Crippen molar-refractivity contribution in [3.05, 3.63) is 77.2 Å². The SMILES string of the molecule is Cc1nc(COc2ncccn2)sc1-c1cccc(-c2ccc(C(=O)NCC(=O)N3CCC(C(=O)O)CC3)cc2)n1. The summed E-state index contributed by atoms with van der Waals surface area (Å²) in [7, 11) is 0. The minimum absolute atomic E-state index is 0.137. The number of hydrogen-bond donors (Lipinski definition) is 2. The van der Waals surface area contributed by atoms with Crippen molar-refractivity contribution in [2.24, 2.45) is 5.92 Å². The Morgan fingerprint density at radius 1 is 1.00 bits per heavy atom. The van der Waals surface area contributed by atoms with Gasteiger partial charge in [-0.25, -0.2) is 19.9 Å². The summed E-state index contributed by atoms with van der Waals surface area (Å²) >= 11 is 1.50. The third-order valence-corrected chi connectivity index (χ3v) is 7.88. The lowest BCUT2D eigenvalue weighted by Gasteiger charge is -2.30. The number of aromatic nitrogens is 4. The Bertz CT molecular complexity index is 1540. The molecule has 12 heteroatoms. The number of likely N-dealkylation sites (tertiary alicyclic amines) is 1. The molecule has 1 aliphatic rings. The summed E-state index contributed by atoms with van der Waals surface area (Å²) in [6.45, 7) is 2.81. The smallest absolute Gasteiger partial charge is 0.316 e. The van der Waals surface area contributed by atoms with E-state index >= 15 is 0 Å². The molecule has 1 saturated heterocycles. The van der Waals surface area contributed by atoms with Gasteiger partial charge in [0.2, 0.25) is 5.91 Å². The third kappa shape index (κ3) is 6.90. The summed E-state index contributed by atoms with van der Waals surface area (Å²) in [6, 6.07) is 14.8. The van der Waals surface area contributed by atoms with Crippen LogP contribution in [0.25, 0.3) is 21.8 Å². The monoisotopic (exact) mass is 572 g/mol. The van der Waals surface area contributed by atoms with Crippen LogP contribution in [-0.4, -0.2) is 67.4 Å². The van der Waals surface area contributed by atoms with Gasteiger partial charge in [-0.15, -0.1) is 11.3 Å². The number of aliphatic carboxylic acids is 1. The molecule has 5 rings (SSSR count). The van der Waals surface area contributed by atoms with Crippen molar-refractivity contribution >= 4 is 29.1 Å². The van der Waals surface area contributed by atoms with Gasteiger partial charge in [-0.05, 0) is 50.1 Å². The fourth-order valence-electron chi connectivity index (χ4n) is 4.50. The number of ether oxygens (including phenoxy) is 1. The second-order valence-electron chi connectivity index (χ2n) is 9.50. The van der Waals surface area contributed by atoms with Gasteiger partial charge in [-0.2, -0.15) is 0 Å². The molecule has 11 nitrogen and oxygen atoms in total. The maximum absolute atomic E-state index is 12.6. The number of nitrogens with zero attached hydrogens (tertiary/aromatic N) is 5. The zero-order valence-corrected chi connectivity index (χ0v) is 23.1. The molecule has 1 fully saturated rings. The van der Waals surface area contributed by atoms with Crippen LogP contribution in [0.1, 0.15) is 33.9 Å². The van der Waals surface area contributed by atoms with Gasteiger partial charge >= 0.3 is 12.0 Å². The zero-order chi connectivity index (χ0) is 28.8. The van der Waals surface area contributed by atoms with Crippen molar-refractivity contribution in [2.75, 3.05) is 19.6 Å². The zero-order valence-electron chi connectivity index (χ0n) is 22.3. The number of thiazole rings is 1. The molecule has 4 aromatic rings. The predicted molar refractivity (Wildman–Crippen MR) is 151 cm³/mol. The third-order valence-electron chi connectivity index (χ3n) is 6.73. The topological polar surface area (TPSA) is 148 Å². The number of carboxylic acid groups (broad SMARTS) is 1. The number of benzene rings is 1. The van der Waals surface area contributed by atoms with Crippen LogP contribution < -0.4 is 10.1 Å². The first-order valence-corrected chi connectivity index (χ1v) is 13.9. The highest BCUT2D eigenvalue weighted by Crippen LogP contribution is 2.31. The molecule has 0 atom stereocenters. The maximum atomic E-state index is 12.6. The molecule has 2 N–H and O–H groups in total. The van der Waals surface area contributed by atoms with Gasteiger partial charge in [-0.3, -0.25) is 14.4 Å². The normalized spacial score (nSPS) is 13.5. The molecule has 4 heterocycles. The largest absolute Gasteiger partial charge is 0.481 e. The van der Waals surface area contributed by atoms with Crippen molar-refractivity contribution in [1.29, 1.82) is 0 Å². The van der Waals surface area contributed by atoms with Gasteiger partial charge in [0.1, 0.15) is 11.6 Å². The second kappa shape index (κ2) is 12.6. The van der Waals surface area contributed by atoms with Gasteiger partial charge in [0.15, 0.2) is 0 Å². The molecule has 210 valence electrons. The minimum Gasteiger partial charge on any atom is -0.481 e. The average molecular weight is 573 g/mol. The lowest BCUT2D eigenvalue weighted by molar-refractivity contribution is -0.145. The summed E-state index contributed by atoms with van der Waals surface area (Å²) in [4.78, 5) is 56.3. The number of piperidine rings is 1. The Morgan fingerprint density at radius 3 is 2.41 bits per heavy atom. The summed E-state index contributed by atoms with van der Waals surface area (Å²) in [6.07, 6.45) is 4.08. The molecule has 3 aromatic heterocycles. The molecule has 0 spiro atoms. The summed E-state index contributed by atoms with van der Waals surface area (Å²) in [5.41, 5.74) is 3.64. The van der Waals surface area contributed by atoms with Crippen molar-refractivity contribution in [2.45, 2.75) is 26.4 Å². The van der Waals surface area contributed by atoms with Gasteiger partial charge in [0.05, 0.1) is 34.4 Å².